The Labute approximate surface area is 234 Å². The molecule has 0 fully saturated rings. The molecule has 0 saturated carbocycles. The van der Waals surface area contributed by atoms with Crippen LogP contribution in [0.15, 0.2) is 54.1 Å². The van der Waals surface area contributed by atoms with E-state index in [1.54, 1.807) is 37.3 Å². The molecule has 0 bridgehead atoms. The summed E-state index contributed by atoms with van der Waals surface area (Å²) < 4.78 is 96.2. The van der Waals surface area contributed by atoms with E-state index in [9.17, 15) is 31.2 Å². The van der Waals surface area contributed by atoms with Gasteiger partial charge in [0.05, 0.1) is 40.6 Å². The predicted octanol–water partition coefficient (Wildman–Crippen LogP) is 4.34. The molecular weight excluding hydrogens is 573 g/mol. The van der Waals surface area contributed by atoms with Crippen molar-refractivity contribution in [3.05, 3.63) is 70.8 Å². The summed E-state index contributed by atoms with van der Waals surface area (Å²) >= 11 is 0. The zero-order valence-corrected chi connectivity index (χ0v) is 23.4. The molecule has 3 rings (SSSR count). The number of esters is 2. The molecule has 0 heterocycles. The van der Waals surface area contributed by atoms with E-state index in [2.05, 4.69) is 4.18 Å². The van der Waals surface area contributed by atoms with Gasteiger partial charge >= 0.3 is 27.6 Å². The molecule has 1 aliphatic rings. The molecule has 0 spiro atoms. The Bertz CT molecular complexity index is 1460. The lowest BCUT2D eigenvalue weighted by Crippen LogP contribution is -2.31. The number of rotatable bonds is 10. The second-order valence-electron chi connectivity index (χ2n) is 8.35. The maximum atomic E-state index is 13.6. The third kappa shape index (κ3) is 6.11. The number of allylic oxidation sites excluding steroid dienone is 1. The van der Waals surface area contributed by atoms with Crippen molar-refractivity contribution in [2.75, 3.05) is 35.0 Å². The Kier molecular flexibility index (Phi) is 9.58. The van der Waals surface area contributed by atoms with Gasteiger partial charge in [-0.25, -0.2) is 9.59 Å². The largest absolute Gasteiger partial charge is 0.534 e. The van der Waals surface area contributed by atoms with Gasteiger partial charge in [-0.15, -0.1) is 0 Å². The third-order valence-electron chi connectivity index (χ3n) is 6.13. The lowest BCUT2D eigenvalue weighted by Gasteiger charge is -2.36. The molecule has 2 aromatic rings. The second kappa shape index (κ2) is 12.5. The van der Waals surface area contributed by atoms with Crippen LogP contribution in [0.4, 0.5) is 13.2 Å². The molecule has 1 unspecified atom stereocenters. The minimum Gasteiger partial charge on any atom is -0.493 e. The normalized spacial score (nSPS) is 17.1. The maximum Gasteiger partial charge on any atom is 0.534 e. The Hall–Kier alpha value is -4.20. The van der Waals surface area contributed by atoms with Gasteiger partial charge in [0, 0.05) is 29.0 Å². The van der Waals surface area contributed by atoms with E-state index in [1.165, 1.54) is 33.5 Å². The summed E-state index contributed by atoms with van der Waals surface area (Å²) in [4.78, 5) is 25.5. The van der Waals surface area contributed by atoms with E-state index in [1.807, 2.05) is 0 Å². The number of hydrogen-bond donors (Lipinski definition) is 0. The molecule has 1 aliphatic carbocycles. The van der Waals surface area contributed by atoms with Crippen LogP contribution in [-0.2, 0) is 33.4 Å². The van der Waals surface area contributed by atoms with Gasteiger partial charge in [-0.1, -0.05) is 36.4 Å². The van der Waals surface area contributed by atoms with E-state index >= 15 is 0 Å². The summed E-state index contributed by atoms with van der Waals surface area (Å²) in [6.07, 6.45) is 2.17. The number of alkyl halides is 3. The SMILES string of the molecule is CCOC(=O)/C=C/[C@H]1C(C(=O)OC)=C(OS(=O)(=O)C(F)(F)F)c2cc(OC)c(OC)c(OC)c2C1c1ccccc1. The highest BCUT2D eigenvalue weighted by Gasteiger charge is 2.52. The fourth-order valence-corrected chi connectivity index (χ4v) is 5.01. The van der Waals surface area contributed by atoms with Crippen molar-refractivity contribution < 1.29 is 59.0 Å². The van der Waals surface area contributed by atoms with Crippen LogP contribution in [0.5, 0.6) is 17.2 Å². The molecule has 0 aromatic heterocycles. The Morgan fingerprint density at radius 2 is 1.61 bits per heavy atom. The number of benzene rings is 2. The Morgan fingerprint density at radius 1 is 0.976 bits per heavy atom. The molecule has 10 nitrogen and oxygen atoms in total. The highest BCUT2D eigenvalue weighted by molar-refractivity contribution is 7.87. The van der Waals surface area contributed by atoms with Gasteiger partial charge in [0.1, 0.15) is 0 Å². The molecule has 14 heteroatoms. The van der Waals surface area contributed by atoms with Crippen molar-refractivity contribution in [3.8, 4) is 17.2 Å². The van der Waals surface area contributed by atoms with Crippen LogP contribution in [0.2, 0.25) is 0 Å². The fourth-order valence-electron chi connectivity index (χ4n) is 4.52. The highest BCUT2D eigenvalue weighted by Crippen LogP contribution is 2.56. The summed E-state index contributed by atoms with van der Waals surface area (Å²) in [7, 11) is -1.55. The van der Waals surface area contributed by atoms with Gasteiger partial charge in [-0.3, -0.25) is 0 Å². The minimum absolute atomic E-state index is 0.0154. The van der Waals surface area contributed by atoms with Crippen molar-refractivity contribution in [2.45, 2.75) is 18.3 Å². The lowest BCUT2D eigenvalue weighted by atomic mass is 9.70. The summed E-state index contributed by atoms with van der Waals surface area (Å²) in [6, 6.07) is 9.57. The van der Waals surface area contributed by atoms with Crippen LogP contribution in [0.1, 0.15) is 29.5 Å². The zero-order valence-electron chi connectivity index (χ0n) is 22.6. The minimum atomic E-state index is -6.31. The van der Waals surface area contributed by atoms with E-state index in [4.69, 9.17) is 23.7 Å². The highest BCUT2D eigenvalue weighted by atomic mass is 32.2. The molecule has 2 aromatic carbocycles. The van der Waals surface area contributed by atoms with Crippen molar-refractivity contribution in [1.82, 2.24) is 0 Å². The number of ether oxygens (including phenoxy) is 5. The van der Waals surface area contributed by atoms with Crippen LogP contribution in [-0.4, -0.2) is 60.9 Å². The van der Waals surface area contributed by atoms with Crippen LogP contribution in [0, 0.1) is 5.92 Å². The van der Waals surface area contributed by atoms with E-state index < -0.39 is 50.7 Å². The molecule has 0 radical (unpaired) electrons. The lowest BCUT2D eigenvalue weighted by molar-refractivity contribution is -0.138. The van der Waals surface area contributed by atoms with Gasteiger partial charge < -0.3 is 27.9 Å². The average Bonchev–Trinajstić information content (AvgIpc) is 2.94. The number of hydrogen-bond acceptors (Lipinski definition) is 10. The van der Waals surface area contributed by atoms with Gasteiger partial charge in [0.15, 0.2) is 17.3 Å². The molecule has 0 amide bonds. The zero-order chi connectivity index (χ0) is 30.5. The first-order chi connectivity index (χ1) is 19.4. The summed E-state index contributed by atoms with van der Waals surface area (Å²) in [5, 5.41) is 0. The summed E-state index contributed by atoms with van der Waals surface area (Å²) in [5.74, 6) is -5.40. The van der Waals surface area contributed by atoms with Gasteiger partial charge in [0.2, 0.25) is 5.75 Å². The predicted molar refractivity (Wildman–Crippen MR) is 139 cm³/mol. The van der Waals surface area contributed by atoms with E-state index in [0.29, 0.717) is 5.56 Å². The number of fused-ring (bicyclic) bond motifs is 1. The standard InChI is InChI=1S/C27H27F3O10S/c1-6-39-19(31)13-12-16-20(15-10-8-7-9-11-15)21-17(14-18(35-2)24(36-3)25(21)37-4)23(22(16)26(32)38-5)40-41(33,34)27(28,29)30/h7-14,16,20H,6H2,1-5H3/b13-12+/t16-,20?/m1/s1. The number of halogens is 3. The third-order valence-corrected chi connectivity index (χ3v) is 7.08. The van der Waals surface area contributed by atoms with Crippen LogP contribution in [0.25, 0.3) is 5.76 Å². The fraction of sp³-hybridized carbons (Fsp3) is 0.333. The maximum absolute atomic E-state index is 13.6. The quantitative estimate of drug-likeness (QED) is 0.168. The molecule has 2 atom stereocenters. The Morgan fingerprint density at radius 3 is 2.12 bits per heavy atom. The van der Waals surface area contributed by atoms with Crippen LogP contribution >= 0.6 is 0 Å². The molecule has 41 heavy (non-hydrogen) atoms. The topological polar surface area (TPSA) is 124 Å². The monoisotopic (exact) mass is 600 g/mol. The van der Waals surface area contributed by atoms with E-state index in [-0.39, 0.29) is 35.0 Å². The van der Waals surface area contributed by atoms with Crippen molar-refractivity contribution in [3.63, 3.8) is 0 Å². The molecular formula is C27H27F3O10S. The van der Waals surface area contributed by atoms with Crippen LogP contribution in [0.3, 0.4) is 0 Å². The smallest absolute Gasteiger partial charge is 0.493 e. The van der Waals surface area contributed by atoms with Crippen molar-refractivity contribution in [1.29, 1.82) is 0 Å². The van der Waals surface area contributed by atoms with E-state index in [0.717, 1.165) is 13.2 Å². The number of carbonyl (C=O) groups excluding carboxylic acids is 2. The van der Waals surface area contributed by atoms with Crippen molar-refractivity contribution in [2.24, 2.45) is 5.92 Å². The van der Waals surface area contributed by atoms with Gasteiger partial charge in [0.25, 0.3) is 0 Å². The molecule has 222 valence electrons. The summed E-state index contributed by atoms with van der Waals surface area (Å²) in [6.45, 7) is 1.58. The van der Waals surface area contributed by atoms with Crippen LogP contribution < -0.4 is 14.2 Å². The van der Waals surface area contributed by atoms with Crippen molar-refractivity contribution >= 4 is 27.8 Å². The first-order valence-corrected chi connectivity index (χ1v) is 13.3. The summed E-state index contributed by atoms with van der Waals surface area (Å²) in [5.41, 5.74) is -6.14. The first-order valence-electron chi connectivity index (χ1n) is 11.9. The average molecular weight is 601 g/mol. The Balaban J connectivity index is 2.58. The molecule has 0 saturated heterocycles. The molecule has 0 N–H and O–H groups in total. The molecule has 0 aliphatic heterocycles. The first kappa shape index (κ1) is 31.3. The second-order valence-corrected chi connectivity index (χ2v) is 9.89. The number of carbonyl (C=O) groups is 2. The van der Waals surface area contributed by atoms with Gasteiger partial charge in [-0.05, 0) is 18.6 Å². The van der Waals surface area contributed by atoms with Gasteiger partial charge in [-0.2, -0.15) is 21.6 Å². The number of methoxy groups -OCH3 is 4.